The number of nitrogens with zero attached hydrogens (tertiary/aromatic N) is 3. The molecule has 1 fully saturated rings. The predicted molar refractivity (Wildman–Crippen MR) is 93.2 cm³/mol. The molecule has 1 unspecified atom stereocenters. The summed E-state index contributed by atoms with van der Waals surface area (Å²) in [6.45, 7) is 5.57. The quantitative estimate of drug-likeness (QED) is 0.888. The summed E-state index contributed by atoms with van der Waals surface area (Å²) in [5, 5.41) is 10.1. The van der Waals surface area contributed by atoms with Crippen LogP contribution in [-0.4, -0.2) is 40.6 Å². The molecule has 24 heavy (non-hydrogen) atoms. The van der Waals surface area contributed by atoms with Crippen LogP contribution in [0.15, 0.2) is 5.38 Å². The Labute approximate surface area is 145 Å². The van der Waals surface area contributed by atoms with E-state index < -0.39 is 9.84 Å². The number of rotatable bonds is 4. The van der Waals surface area contributed by atoms with Crippen molar-refractivity contribution in [1.29, 1.82) is 0 Å². The highest BCUT2D eigenvalue weighted by Gasteiger charge is 2.31. The predicted octanol–water partition coefficient (Wildman–Crippen LogP) is 1.81. The Balaban J connectivity index is 1.75. The van der Waals surface area contributed by atoms with Crippen LogP contribution in [0.2, 0.25) is 0 Å². The van der Waals surface area contributed by atoms with Crippen molar-refractivity contribution in [3.05, 3.63) is 27.5 Å². The number of sulfone groups is 1. The van der Waals surface area contributed by atoms with E-state index in [1.165, 1.54) is 11.3 Å². The summed E-state index contributed by atoms with van der Waals surface area (Å²) >= 11 is 1.52. The summed E-state index contributed by atoms with van der Waals surface area (Å²) in [5.74, 6) is 0.159. The zero-order valence-corrected chi connectivity index (χ0v) is 15.5. The highest BCUT2D eigenvalue weighted by Crippen LogP contribution is 2.29. The van der Waals surface area contributed by atoms with Crippen molar-refractivity contribution in [2.45, 2.75) is 39.7 Å². The molecule has 1 aliphatic rings. The van der Waals surface area contributed by atoms with Crippen molar-refractivity contribution in [3.63, 3.8) is 0 Å². The molecule has 7 nitrogen and oxygen atoms in total. The Morgan fingerprint density at radius 3 is 2.75 bits per heavy atom. The number of thiazole rings is 1. The maximum Gasteiger partial charge on any atom is 0.230 e. The standard InChI is InChI=1S/C15H20N4O3S2/c1-9-15(17-14(20)6-12-7-23-11(3)16-12)10(2)19(18-9)13-4-5-24(21,22)8-13/h7,13H,4-6,8H2,1-3H3,(H,17,20). The van der Waals surface area contributed by atoms with Crippen LogP contribution in [0.4, 0.5) is 5.69 Å². The monoisotopic (exact) mass is 368 g/mol. The van der Waals surface area contributed by atoms with Gasteiger partial charge >= 0.3 is 0 Å². The lowest BCUT2D eigenvalue weighted by atomic mass is 10.2. The fraction of sp³-hybridized carbons (Fsp3) is 0.533. The second kappa shape index (κ2) is 6.29. The number of nitrogens with one attached hydrogen (secondary N) is 1. The maximum absolute atomic E-state index is 12.2. The first-order chi connectivity index (χ1) is 11.2. The fourth-order valence-corrected chi connectivity index (χ4v) is 5.31. The van der Waals surface area contributed by atoms with Gasteiger partial charge in [0.1, 0.15) is 0 Å². The second-order valence-corrected chi connectivity index (χ2v) is 9.42. The van der Waals surface area contributed by atoms with Gasteiger partial charge in [0.05, 0.1) is 51.7 Å². The highest BCUT2D eigenvalue weighted by atomic mass is 32.2. The zero-order valence-electron chi connectivity index (χ0n) is 13.9. The molecule has 1 N–H and O–H groups in total. The number of aromatic nitrogens is 3. The number of aryl methyl sites for hydroxylation is 2. The molecular weight excluding hydrogens is 348 g/mol. The summed E-state index contributed by atoms with van der Waals surface area (Å²) in [4.78, 5) is 16.5. The van der Waals surface area contributed by atoms with E-state index in [-0.39, 0.29) is 29.9 Å². The third kappa shape index (κ3) is 3.51. The summed E-state index contributed by atoms with van der Waals surface area (Å²) < 4.78 is 25.1. The molecule has 3 rings (SSSR count). The average molecular weight is 368 g/mol. The van der Waals surface area contributed by atoms with Gasteiger partial charge in [0, 0.05) is 5.38 Å². The molecule has 3 heterocycles. The van der Waals surface area contributed by atoms with Gasteiger partial charge in [0.2, 0.25) is 5.91 Å². The van der Waals surface area contributed by atoms with Gasteiger partial charge in [-0.1, -0.05) is 0 Å². The summed E-state index contributed by atoms with van der Waals surface area (Å²) in [5.41, 5.74) is 2.90. The van der Waals surface area contributed by atoms with E-state index in [9.17, 15) is 13.2 Å². The van der Waals surface area contributed by atoms with E-state index in [1.807, 2.05) is 26.2 Å². The molecule has 2 aromatic rings. The number of carbonyl (C=O) groups is 1. The third-order valence-corrected chi connectivity index (χ3v) is 6.72. The van der Waals surface area contributed by atoms with Crippen LogP contribution < -0.4 is 5.32 Å². The van der Waals surface area contributed by atoms with E-state index in [0.717, 1.165) is 16.4 Å². The maximum atomic E-state index is 12.2. The van der Waals surface area contributed by atoms with Gasteiger partial charge in [-0.2, -0.15) is 5.10 Å². The van der Waals surface area contributed by atoms with Gasteiger partial charge in [-0.3, -0.25) is 9.48 Å². The van der Waals surface area contributed by atoms with Crippen molar-refractivity contribution in [3.8, 4) is 0 Å². The van der Waals surface area contributed by atoms with Crippen LogP contribution in [0.1, 0.15) is 34.6 Å². The smallest absolute Gasteiger partial charge is 0.230 e. The number of hydrogen-bond acceptors (Lipinski definition) is 6. The molecule has 2 aromatic heterocycles. The zero-order chi connectivity index (χ0) is 17.5. The molecule has 0 aliphatic carbocycles. The van der Waals surface area contributed by atoms with Gasteiger partial charge in [0.15, 0.2) is 9.84 Å². The van der Waals surface area contributed by atoms with E-state index in [0.29, 0.717) is 17.8 Å². The van der Waals surface area contributed by atoms with Gasteiger partial charge in [0.25, 0.3) is 0 Å². The van der Waals surface area contributed by atoms with E-state index in [1.54, 1.807) is 4.68 Å². The molecule has 1 amide bonds. The van der Waals surface area contributed by atoms with Gasteiger partial charge in [-0.25, -0.2) is 13.4 Å². The van der Waals surface area contributed by atoms with Crippen LogP contribution in [0.3, 0.4) is 0 Å². The first-order valence-electron chi connectivity index (χ1n) is 7.72. The number of carbonyl (C=O) groups excluding carboxylic acids is 1. The van der Waals surface area contributed by atoms with E-state index >= 15 is 0 Å². The summed E-state index contributed by atoms with van der Waals surface area (Å²) in [6.07, 6.45) is 0.780. The second-order valence-electron chi connectivity index (χ2n) is 6.13. The summed E-state index contributed by atoms with van der Waals surface area (Å²) in [7, 11) is -2.98. The van der Waals surface area contributed by atoms with Crippen molar-refractivity contribution < 1.29 is 13.2 Å². The molecule has 0 spiro atoms. The number of anilines is 1. The number of amides is 1. The minimum atomic E-state index is -2.98. The van der Waals surface area contributed by atoms with Crippen molar-refractivity contribution in [2.24, 2.45) is 0 Å². The summed E-state index contributed by atoms with van der Waals surface area (Å²) in [6, 6.07) is -0.152. The first kappa shape index (κ1) is 17.1. The SMILES string of the molecule is Cc1nc(CC(=O)Nc2c(C)nn(C3CCS(=O)(=O)C3)c2C)cs1. The Bertz CT molecular complexity index is 883. The molecule has 0 bridgehead atoms. The molecule has 0 saturated carbocycles. The Morgan fingerprint density at radius 1 is 1.42 bits per heavy atom. The van der Waals surface area contributed by atoms with Gasteiger partial charge in [-0.05, 0) is 27.2 Å². The lowest BCUT2D eigenvalue weighted by Crippen LogP contribution is -2.17. The van der Waals surface area contributed by atoms with Crippen LogP contribution >= 0.6 is 11.3 Å². The van der Waals surface area contributed by atoms with Crippen molar-refractivity contribution in [1.82, 2.24) is 14.8 Å². The van der Waals surface area contributed by atoms with Crippen molar-refractivity contribution >= 4 is 32.8 Å². The van der Waals surface area contributed by atoms with Crippen LogP contribution in [-0.2, 0) is 21.1 Å². The fourth-order valence-electron chi connectivity index (χ4n) is 3.01. The molecule has 0 aromatic carbocycles. The van der Waals surface area contributed by atoms with Crippen LogP contribution in [0.25, 0.3) is 0 Å². The first-order valence-corrected chi connectivity index (χ1v) is 10.4. The van der Waals surface area contributed by atoms with E-state index in [2.05, 4.69) is 15.4 Å². The van der Waals surface area contributed by atoms with Crippen molar-refractivity contribution in [2.75, 3.05) is 16.8 Å². The molecule has 0 radical (unpaired) electrons. The normalized spacial score (nSPS) is 19.5. The minimum Gasteiger partial charge on any atom is -0.323 e. The topological polar surface area (TPSA) is 93.9 Å². The molecule has 9 heteroatoms. The largest absolute Gasteiger partial charge is 0.323 e. The highest BCUT2D eigenvalue weighted by molar-refractivity contribution is 7.91. The molecule has 130 valence electrons. The number of hydrogen-bond donors (Lipinski definition) is 1. The third-order valence-electron chi connectivity index (χ3n) is 4.15. The van der Waals surface area contributed by atoms with Gasteiger partial charge < -0.3 is 5.32 Å². The average Bonchev–Trinajstić information content (AvgIpc) is 3.13. The Hall–Kier alpha value is -1.74. The Kier molecular flexibility index (Phi) is 4.48. The molecule has 1 saturated heterocycles. The van der Waals surface area contributed by atoms with E-state index in [4.69, 9.17) is 0 Å². The minimum absolute atomic E-state index is 0.112. The lowest BCUT2D eigenvalue weighted by molar-refractivity contribution is -0.115. The Morgan fingerprint density at radius 2 is 2.17 bits per heavy atom. The molecular formula is C15H20N4O3S2. The van der Waals surface area contributed by atoms with Crippen LogP contribution in [0.5, 0.6) is 0 Å². The van der Waals surface area contributed by atoms with Gasteiger partial charge in [-0.15, -0.1) is 11.3 Å². The molecule has 1 aliphatic heterocycles. The lowest BCUT2D eigenvalue weighted by Gasteiger charge is -2.11. The molecule has 1 atom stereocenters. The van der Waals surface area contributed by atoms with Crippen LogP contribution in [0, 0.1) is 20.8 Å².